The first-order valence-electron chi connectivity index (χ1n) is 13.4. The summed E-state index contributed by atoms with van der Waals surface area (Å²) in [5, 5.41) is 12.6. The Morgan fingerprint density at radius 3 is 2.59 bits per heavy atom. The predicted molar refractivity (Wildman–Crippen MR) is 156 cm³/mol. The zero-order chi connectivity index (χ0) is 28.6. The van der Waals surface area contributed by atoms with Gasteiger partial charge in [-0.2, -0.15) is 5.26 Å². The number of fused-ring (bicyclic) bond motifs is 1. The summed E-state index contributed by atoms with van der Waals surface area (Å²) in [6.07, 6.45) is 3.32. The van der Waals surface area contributed by atoms with Crippen molar-refractivity contribution in [3.8, 4) is 17.9 Å². The summed E-state index contributed by atoms with van der Waals surface area (Å²) in [6.45, 7) is 5.70. The number of carbonyl (C=O) groups excluding carboxylic acids is 2. The summed E-state index contributed by atoms with van der Waals surface area (Å²) in [6, 6.07) is 18.8. The normalized spacial score (nSPS) is 13.2. The molecule has 1 fully saturated rings. The molecule has 2 aromatic heterocycles. The van der Waals surface area contributed by atoms with Crippen LogP contribution in [0, 0.1) is 23.2 Å². The molecule has 0 saturated carbocycles. The van der Waals surface area contributed by atoms with Crippen LogP contribution < -0.4 is 10.2 Å². The van der Waals surface area contributed by atoms with E-state index in [0.717, 1.165) is 29.7 Å². The maximum absolute atomic E-state index is 13.5. The second-order valence-corrected chi connectivity index (χ2v) is 9.68. The molecule has 2 N–H and O–H groups in total. The molecule has 1 aliphatic heterocycles. The SMILES string of the molecule is CC(=O)NCCN(c1cccc(C(=O)N2CCN(CC#Cc3ccc(C#N)cc3)CC2)c1)c1ncnc2[nH]ccc12. The molecule has 0 radical (unpaired) electrons. The van der Waals surface area contributed by atoms with Crippen molar-refractivity contribution in [2.75, 3.05) is 50.7 Å². The minimum absolute atomic E-state index is 0.0218. The number of amides is 2. The highest BCUT2D eigenvalue weighted by Crippen LogP contribution is 2.29. The van der Waals surface area contributed by atoms with E-state index in [-0.39, 0.29) is 11.8 Å². The first-order valence-corrected chi connectivity index (χ1v) is 13.4. The summed E-state index contributed by atoms with van der Waals surface area (Å²) in [7, 11) is 0. The lowest BCUT2D eigenvalue weighted by Gasteiger charge is -2.34. The van der Waals surface area contributed by atoms with Gasteiger partial charge in [-0.25, -0.2) is 9.97 Å². The molecule has 41 heavy (non-hydrogen) atoms. The van der Waals surface area contributed by atoms with E-state index in [9.17, 15) is 9.59 Å². The fourth-order valence-electron chi connectivity index (χ4n) is 4.75. The van der Waals surface area contributed by atoms with Crippen molar-refractivity contribution in [2.45, 2.75) is 6.92 Å². The van der Waals surface area contributed by atoms with Crippen molar-refractivity contribution < 1.29 is 9.59 Å². The molecule has 3 heterocycles. The average molecular weight is 547 g/mol. The maximum atomic E-state index is 13.5. The molecule has 2 aromatic carbocycles. The van der Waals surface area contributed by atoms with Gasteiger partial charge in [0.1, 0.15) is 17.8 Å². The summed E-state index contributed by atoms with van der Waals surface area (Å²) in [5.74, 6) is 6.91. The molecule has 1 saturated heterocycles. The van der Waals surface area contributed by atoms with E-state index in [0.29, 0.717) is 55.3 Å². The van der Waals surface area contributed by atoms with Crippen LogP contribution in [0.2, 0.25) is 0 Å². The Labute approximate surface area is 238 Å². The largest absolute Gasteiger partial charge is 0.355 e. The van der Waals surface area contributed by atoms with Gasteiger partial charge in [0.15, 0.2) is 0 Å². The summed E-state index contributed by atoms with van der Waals surface area (Å²) < 4.78 is 0. The smallest absolute Gasteiger partial charge is 0.254 e. The Morgan fingerprint density at radius 1 is 1.05 bits per heavy atom. The number of hydrogen-bond donors (Lipinski definition) is 2. The molecule has 2 amide bonds. The Hall–Kier alpha value is -5.19. The van der Waals surface area contributed by atoms with Crippen molar-refractivity contribution in [1.82, 2.24) is 30.1 Å². The predicted octanol–water partition coefficient (Wildman–Crippen LogP) is 2.91. The van der Waals surface area contributed by atoms with Crippen LogP contribution in [-0.4, -0.2) is 82.4 Å². The number of rotatable bonds is 7. The number of nitriles is 1. The van der Waals surface area contributed by atoms with Crippen LogP contribution in [0.5, 0.6) is 0 Å². The van der Waals surface area contributed by atoms with Crippen molar-refractivity contribution in [2.24, 2.45) is 0 Å². The number of hydrogen-bond acceptors (Lipinski definition) is 7. The molecule has 0 aliphatic carbocycles. The number of nitrogens with one attached hydrogen (secondary N) is 2. The minimum atomic E-state index is -0.109. The van der Waals surface area contributed by atoms with Gasteiger partial charge in [0, 0.05) is 69.2 Å². The second-order valence-electron chi connectivity index (χ2n) is 9.68. The summed E-state index contributed by atoms with van der Waals surface area (Å²) in [5.41, 5.74) is 3.61. The Morgan fingerprint density at radius 2 is 1.83 bits per heavy atom. The minimum Gasteiger partial charge on any atom is -0.355 e. The van der Waals surface area contributed by atoms with Gasteiger partial charge in [-0.15, -0.1) is 0 Å². The zero-order valence-electron chi connectivity index (χ0n) is 22.8. The molecule has 0 atom stereocenters. The molecule has 1 aliphatic rings. The van der Waals surface area contributed by atoms with Crippen LogP contribution in [0.4, 0.5) is 11.5 Å². The van der Waals surface area contributed by atoms with Gasteiger partial charge >= 0.3 is 0 Å². The van der Waals surface area contributed by atoms with E-state index in [2.05, 4.69) is 43.1 Å². The number of aromatic amines is 1. The highest BCUT2D eigenvalue weighted by atomic mass is 16.2. The van der Waals surface area contributed by atoms with Crippen molar-refractivity contribution >= 4 is 34.4 Å². The number of nitrogens with zero attached hydrogens (tertiary/aromatic N) is 6. The molecule has 4 aromatic rings. The lowest BCUT2D eigenvalue weighted by Crippen LogP contribution is -2.48. The molecule has 0 bridgehead atoms. The van der Waals surface area contributed by atoms with E-state index in [1.165, 1.54) is 13.3 Å². The van der Waals surface area contributed by atoms with Gasteiger partial charge < -0.3 is 20.1 Å². The van der Waals surface area contributed by atoms with Gasteiger partial charge in [-0.05, 0) is 48.5 Å². The number of piperazine rings is 1. The summed E-state index contributed by atoms with van der Waals surface area (Å²) in [4.78, 5) is 43.1. The van der Waals surface area contributed by atoms with Crippen LogP contribution in [0.25, 0.3) is 11.0 Å². The molecular formula is C31H30N8O2. The van der Waals surface area contributed by atoms with E-state index < -0.39 is 0 Å². The summed E-state index contributed by atoms with van der Waals surface area (Å²) >= 11 is 0. The Bertz CT molecular complexity index is 1640. The molecule has 10 nitrogen and oxygen atoms in total. The van der Waals surface area contributed by atoms with E-state index in [1.807, 2.05) is 58.5 Å². The van der Waals surface area contributed by atoms with E-state index >= 15 is 0 Å². The maximum Gasteiger partial charge on any atom is 0.254 e. The van der Waals surface area contributed by atoms with Gasteiger partial charge in [0.25, 0.3) is 5.91 Å². The highest BCUT2D eigenvalue weighted by Gasteiger charge is 2.23. The number of H-pyrrole nitrogens is 1. The standard InChI is InChI=1S/C31H30N8O2/c1-23(40)33-13-15-39(30-28-11-12-34-29(28)35-22-36-30)27-6-2-5-26(20-27)31(41)38-18-16-37(17-19-38)14-3-4-24-7-9-25(21-32)10-8-24/h2,5-12,20,22H,13-19H2,1H3,(H,33,40)(H,34,35,36). The average Bonchev–Trinajstić information content (AvgIpc) is 3.49. The fraction of sp³-hybridized carbons (Fsp3) is 0.258. The van der Waals surface area contributed by atoms with Gasteiger partial charge in [-0.3, -0.25) is 14.5 Å². The monoisotopic (exact) mass is 546 g/mol. The lowest BCUT2D eigenvalue weighted by atomic mass is 10.1. The molecule has 10 heteroatoms. The second kappa shape index (κ2) is 12.8. The van der Waals surface area contributed by atoms with Crippen LogP contribution >= 0.6 is 0 Å². The van der Waals surface area contributed by atoms with Crippen LogP contribution in [0.3, 0.4) is 0 Å². The molecule has 0 unspecified atom stereocenters. The third-order valence-corrected chi connectivity index (χ3v) is 6.91. The van der Waals surface area contributed by atoms with Crippen LogP contribution in [0.15, 0.2) is 67.1 Å². The molecular weight excluding hydrogens is 516 g/mol. The Balaban J connectivity index is 1.25. The molecule has 206 valence electrons. The van der Waals surface area contributed by atoms with Crippen LogP contribution in [0.1, 0.15) is 28.4 Å². The molecule has 5 rings (SSSR count). The fourth-order valence-corrected chi connectivity index (χ4v) is 4.75. The first-order chi connectivity index (χ1) is 20.0. The number of aromatic nitrogens is 3. The third kappa shape index (κ3) is 6.70. The first kappa shape index (κ1) is 27.4. The topological polar surface area (TPSA) is 121 Å². The third-order valence-electron chi connectivity index (χ3n) is 6.91. The van der Waals surface area contributed by atoms with Gasteiger partial charge in [-0.1, -0.05) is 17.9 Å². The van der Waals surface area contributed by atoms with Crippen molar-refractivity contribution in [3.63, 3.8) is 0 Å². The highest BCUT2D eigenvalue weighted by molar-refractivity contribution is 5.96. The Kier molecular flexibility index (Phi) is 8.53. The number of benzene rings is 2. The lowest BCUT2D eigenvalue weighted by molar-refractivity contribution is -0.118. The van der Waals surface area contributed by atoms with Crippen molar-refractivity contribution in [3.05, 3.63) is 83.8 Å². The van der Waals surface area contributed by atoms with Gasteiger partial charge in [0.05, 0.1) is 23.6 Å². The zero-order valence-corrected chi connectivity index (χ0v) is 22.8. The van der Waals surface area contributed by atoms with Gasteiger partial charge in [0.2, 0.25) is 5.91 Å². The number of carbonyl (C=O) groups is 2. The van der Waals surface area contributed by atoms with Crippen molar-refractivity contribution in [1.29, 1.82) is 5.26 Å². The van der Waals surface area contributed by atoms with E-state index in [4.69, 9.17) is 5.26 Å². The van der Waals surface area contributed by atoms with E-state index in [1.54, 1.807) is 12.1 Å². The number of anilines is 2. The van der Waals surface area contributed by atoms with Crippen LogP contribution in [-0.2, 0) is 4.79 Å². The molecule has 0 spiro atoms. The quantitative estimate of drug-likeness (QED) is 0.342.